The van der Waals surface area contributed by atoms with Crippen LogP contribution >= 0.6 is 0 Å². The van der Waals surface area contributed by atoms with Gasteiger partial charge in [-0.15, -0.1) is 0 Å². The van der Waals surface area contributed by atoms with Crippen molar-refractivity contribution in [2.45, 2.75) is 0 Å². The van der Waals surface area contributed by atoms with Crippen molar-refractivity contribution in [3.8, 4) is 0 Å². The molecule has 0 aliphatic carbocycles. The summed E-state index contributed by atoms with van der Waals surface area (Å²) >= 11 is 0. The van der Waals surface area contributed by atoms with Crippen LogP contribution in [0.15, 0.2) is 24.4 Å². The Balaban J connectivity index is 2.57. The number of rotatable bonds is 2. The highest BCUT2D eigenvalue weighted by Crippen LogP contribution is 2.20. The molecule has 0 atom stereocenters. The lowest BCUT2D eigenvalue weighted by Crippen LogP contribution is -1.94. The van der Waals surface area contributed by atoms with Crippen molar-refractivity contribution in [1.29, 1.82) is 0 Å². The number of benzene rings is 1. The Labute approximate surface area is 69.5 Å². The van der Waals surface area contributed by atoms with Crippen LogP contribution in [0.2, 0.25) is 0 Å². The fourth-order valence-corrected chi connectivity index (χ4v) is 1.17. The summed E-state index contributed by atoms with van der Waals surface area (Å²) < 4.78 is 0. The molecule has 12 heavy (non-hydrogen) atoms. The van der Waals surface area contributed by atoms with Crippen LogP contribution in [0.3, 0.4) is 0 Å². The predicted molar refractivity (Wildman–Crippen MR) is 46.7 cm³/mol. The number of hydrogen-bond donors (Lipinski definition) is 2. The summed E-state index contributed by atoms with van der Waals surface area (Å²) in [7, 11) is 1.58. The summed E-state index contributed by atoms with van der Waals surface area (Å²) in [6.45, 7) is 0. The van der Waals surface area contributed by atoms with Crippen LogP contribution in [-0.2, 0) is 4.84 Å². The van der Waals surface area contributed by atoms with Gasteiger partial charge >= 0.3 is 0 Å². The first kappa shape index (κ1) is 7.12. The first-order chi connectivity index (χ1) is 5.92. The molecule has 2 rings (SSSR count). The van der Waals surface area contributed by atoms with Crippen LogP contribution in [0.25, 0.3) is 10.9 Å². The normalized spacial score (nSPS) is 10.4. The number of anilines is 1. The second-order valence-electron chi connectivity index (χ2n) is 2.44. The summed E-state index contributed by atoms with van der Waals surface area (Å²) in [5, 5.41) is 7.82. The predicted octanol–water partition coefficient (Wildman–Crippen LogP) is 1.54. The van der Waals surface area contributed by atoms with Crippen molar-refractivity contribution >= 4 is 16.6 Å². The van der Waals surface area contributed by atoms with Gasteiger partial charge in [0.05, 0.1) is 24.5 Å². The van der Waals surface area contributed by atoms with Gasteiger partial charge in [-0.2, -0.15) is 5.10 Å². The van der Waals surface area contributed by atoms with Crippen LogP contribution in [-0.4, -0.2) is 17.3 Å². The van der Waals surface area contributed by atoms with E-state index in [0.717, 1.165) is 16.6 Å². The fraction of sp³-hybridized carbons (Fsp3) is 0.125. The standard InChI is InChI=1S/C8H9N3O/c1-12-11-8-4-2-3-7-6(8)5-9-10-7/h2-5,11H,1H3,(H,9,10). The van der Waals surface area contributed by atoms with E-state index >= 15 is 0 Å². The molecule has 1 aromatic heterocycles. The molecule has 0 bridgehead atoms. The first-order valence-electron chi connectivity index (χ1n) is 3.63. The number of fused-ring (bicyclic) bond motifs is 1. The van der Waals surface area contributed by atoms with E-state index in [0.29, 0.717) is 0 Å². The SMILES string of the molecule is CONc1cccc2[nH]ncc12. The zero-order chi connectivity index (χ0) is 8.39. The zero-order valence-corrected chi connectivity index (χ0v) is 6.66. The van der Waals surface area contributed by atoms with Gasteiger partial charge in [0.25, 0.3) is 0 Å². The van der Waals surface area contributed by atoms with E-state index in [9.17, 15) is 0 Å². The molecule has 1 heterocycles. The second kappa shape index (κ2) is 2.83. The highest BCUT2D eigenvalue weighted by atomic mass is 16.6. The van der Waals surface area contributed by atoms with E-state index in [-0.39, 0.29) is 0 Å². The summed E-state index contributed by atoms with van der Waals surface area (Å²) in [5.41, 5.74) is 4.69. The summed E-state index contributed by atoms with van der Waals surface area (Å²) in [6.07, 6.45) is 1.76. The molecule has 0 radical (unpaired) electrons. The monoisotopic (exact) mass is 163 g/mol. The molecule has 0 unspecified atom stereocenters. The molecule has 2 N–H and O–H groups in total. The highest BCUT2D eigenvalue weighted by Gasteiger charge is 1.99. The molecule has 0 aliphatic heterocycles. The van der Waals surface area contributed by atoms with Gasteiger partial charge in [0.1, 0.15) is 0 Å². The number of aromatic nitrogens is 2. The van der Waals surface area contributed by atoms with Crippen molar-refractivity contribution in [3.05, 3.63) is 24.4 Å². The molecule has 4 nitrogen and oxygen atoms in total. The smallest absolute Gasteiger partial charge is 0.0714 e. The average Bonchev–Trinajstić information content (AvgIpc) is 2.53. The van der Waals surface area contributed by atoms with Crippen molar-refractivity contribution in [1.82, 2.24) is 10.2 Å². The first-order valence-corrected chi connectivity index (χ1v) is 3.63. The number of H-pyrrole nitrogens is 1. The molecular formula is C8H9N3O. The Morgan fingerprint density at radius 3 is 3.25 bits per heavy atom. The van der Waals surface area contributed by atoms with E-state index < -0.39 is 0 Å². The topological polar surface area (TPSA) is 49.9 Å². The largest absolute Gasteiger partial charge is 0.279 e. The van der Waals surface area contributed by atoms with Crippen LogP contribution in [0, 0.1) is 0 Å². The summed E-state index contributed by atoms with van der Waals surface area (Å²) in [6, 6.07) is 5.83. The maximum atomic E-state index is 4.81. The van der Waals surface area contributed by atoms with Gasteiger partial charge in [-0.25, -0.2) is 0 Å². The minimum Gasteiger partial charge on any atom is -0.279 e. The maximum absolute atomic E-state index is 4.81. The molecule has 0 fully saturated rings. The number of aromatic amines is 1. The van der Waals surface area contributed by atoms with Crippen molar-refractivity contribution in [2.75, 3.05) is 12.6 Å². The molecule has 1 aromatic carbocycles. The van der Waals surface area contributed by atoms with Crippen molar-refractivity contribution in [2.24, 2.45) is 0 Å². The fourth-order valence-electron chi connectivity index (χ4n) is 1.17. The van der Waals surface area contributed by atoms with Gasteiger partial charge in [0.15, 0.2) is 0 Å². The Bertz CT molecular complexity index is 382. The molecule has 62 valence electrons. The molecule has 2 aromatic rings. The molecular weight excluding hydrogens is 154 g/mol. The van der Waals surface area contributed by atoms with Crippen molar-refractivity contribution in [3.63, 3.8) is 0 Å². The van der Waals surface area contributed by atoms with Crippen molar-refractivity contribution < 1.29 is 4.84 Å². The minimum atomic E-state index is 0.920. The molecule has 0 saturated carbocycles. The quantitative estimate of drug-likeness (QED) is 0.660. The Morgan fingerprint density at radius 2 is 2.42 bits per heavy atom. The molecule has 4 heteroatoms. The average molecular weight is 163 g/mol. The lowest BCUT2D eigenvalue weighted by Gasteiger charge is -2.02. The Hall–Kier alpha value is -1.55. The number of nitrogens with zero attached hydrogens (tertiary/aromatic N) is 1. The Kier molecular flexibility index (Phi) is 1.68. The van der Waals surface area contributed by atoms with E-state index in [1.165, 1.54) is 0 Å². The van der Waals surface area contributed by atoms with Gasteiger partial charge in [0.2, 0.25) is 0 Å². The van der Waals surface area contributed by atoms with E-state index in [1.54, 1.807) is 13.3 Å². The van der Waals surface area contributed by atoms with Gasteiger partial charge < -0.3 is 0 Å². The molecule has 0 aliphatic rings. The number of hydrogen-bond acceptors (Lipinski definition) is 3. The minimum absolute atomic E-state index is 0.920. The van der Waals surface area contributed by atoms with Gasteiger partial charge in [-0.05, 0) is 12.1 Å². The zero-order valence-electron chi connectivity index (χ0n) is 6.66. The highest BCUT2D eigenvalue weighted by molar-refractivity contribution is 5.90. The third-order valence-corrected chi connectivity index (χ3v) is 1.70. The molecule has 0 spiro atoms. The van der Waals surface area contributed by atoms with Gasteiger partial charge in [0, 0.05) is 5.39 Å². The molecule has 0 amide bonds. The van der Waals surface area contributed by atoms with Crippen LogP contribution in [0.5, 0.6) is 0 Å². The Morgan fingerprint density at radius 1 is 1.50 bits per heavy atom. The van der Waals surface area contributed by atoms with E-state index in [1.807, 2.05) is 18.2 Å². The second-order valence-corrected chi connectivity index (χ2v) is 2.44. The third-order valence-electron chi connectivity index (χ3n) is 1.70. The molecule has 0 saturated heterocycles. The van der Waals surface area contributed by atoms with Crippen LogP contribution < -0.4 is 5.48 Å². The maximum Gasteiger partial charge on any atom is 0.0714 e. The number of nitrogens with one attached hydrogen (secondary N) is 2. The third kappa shape index (κ3) is 1.02. The van der Waals surface area contributed by atoms with E-state index in [2.05, 4.69) is 15.7 Å². The van der Waals surface area contributed by atoms with Gasteiger partial charge in [-0.1, -0.05) is 6.07 Å². The van der Waals surface area contributed by atoms with Crippen LogP contribution in [0.4, 0.5) is 5.69 Å². The summed E-state index contributed by atoms with van der Waals surface area (Å²) in [4.78, 5) is 4.81. The van der Waals surface area contributed by atoms with Crippen LogP contribution in [0.1, 0.15) is 0 Å². The van der Waals surface area contributed by atoms with E-state index in [4.69, 9.17) is 4.84 Å². The lowest BCUT2D eigenvalue weighted by molar-refractivity contribution is 0.271. The lowest BCUT2D eigenvalue weighted by atomic mass is 10.2. The summed E-state index contributed by atoms with van der Waals surface area (Å²) in [5.74, 6) is 0. The van der Waals surface area contributed by atoms with Gasteiger partial charge in [-0.3, -0.25) is 15.4 Å².